The molecule has 0 saturated carbocycles. The summed E-state index contributed by atoms with van der Waals surface area (Å²) in [5.74, 6) is 0.0807. The summed E-state index contributed by atoms with van der Waals surface area (Å²) < 4.78 is 32.2. The number of benzene rings is 1. The van der Waals surface area contributed by atoms with Crippen LogP contribution in [0.2, 0.25) is 0 Å². The summed E-state index contributed by atoms with van der Waals surface area (Å²) in [7, 11) is -3.66. The maximum absolute atomic E-state index is 12.9. The third-order valence-electron chi connectivity index (χ3n) is 5.40. The maximum atomic E-state index is 12.9. The van der Waals surface area contributed by atoms with Gasteiger partial charge in [0.1, 0.15) is 10.6 Å². The topological polar surface area (TPSA) is 92.5 Å². The molecule has 1 aromatic heterocycles. The second kappa shape index (κ2) is 8.05. The Kier molecular flexibility index (Phi) is 5.90. The second-order valence-corrected chi connectivity index (χ2v) is 9.29. The zero-order chi connectivity index (χ0) is 20.5. The van der Waals surface area contributed by atoms with E-state index in [1.807, 2.05) is 38.1 Å². The van der Waals surface area contributed by atoms with Crippen LogP contribution in [0.1, 0.15) is 48.4 Å². The summed E-state index contributed by atoms with van der Waals surface area (Å²) in [6, 6.07) is 7.89. The lowest BCUT2D eigenvalue weighted by Crippen LogP contribution is -2.43. The molecular weight excluding hydrogens is 378 g/mol. The molecule has 0 aliphatic carbocycles. The third kappa shape index (κ3) is 3.98. The Morgan fingerprint density at radius 1 is 1.21 bits per heavy atom. The van der Waals surface area contributed by atoms with Gasteiger partial charge in [0.05, 0.1) is 6.04 Å². The molecule has 28 heavy (non-hydrogen) atoms. The Balaban J connectivity index is 1.62. The highest BCUT2D eigenvalue weighted by Gasteiger charge is 2.35. The van der Waals surface area contributed by atoms with Gasteiger partial charge in [-0.05, 0) is 51.7 Å². The second-order valence-electron chi connectivity index (χ2n) is 7.42. The summed E-state index contributed by atoms with van der Waals surface area (Å²) in [5.41, 5.74) is 2.59. The molecule has 2 heterocycles. The van der Waals surface area contributed by atoms with Gasteiger partial charge in [-0.3, -0.25) is 4.79 Å². The van der Waals surface area contributed by atoms with Gasteiger partial charge >= 0.3 is 0 Å². The van der Waals surface area contributed by atoms with E-state index in [4.69, 9.17) is 4.52 Å². The fourth-order valence-corrected chi connectivity index (χ4v) is 5.57. The highest BCUT2D eigenvalue weighted by Crippen LogP contribution is 2.28. The first-order valence-electron chi connectivity index (χ1n) is 9.50. The summed E-state index contributed by atoms with van der Waals surface area (Å²) >= 11 is 0. The van der Waals surface area contributed by atoms with Crippen LogP contribution >= 0.6 is 0 Å². The van der Waals surface area contributed by atoms with Crippen LogP contribution in [0.3, 0.4) is 0 Å². The van der Waals surface area contributed by atoms with E-state index in [2.05, 4.69) is 10.5 Å². The van der Waals surface area contributed by atoms with Gasteiger partial charge in [-0.15, -0.1) is 0 Å². The van der Waals surface area contributed by atoms with Gasteiger partial charge in [-0.2, -0.15) is 4.31 Å². The maximum Gasteiger partial charge on any atom is 0.248 e. The monoisotopic (exact) mass is 405 g/mol. The molecular formula is C20H27N3O4S. The van der Waals surface area contributed by atoms with Crippen LogP contribution in [-0.4, -0.2) is 36.9 Å². The van der Waals surface area contributed by atoms with Gasteiger partial charge in [0.2, 0.25) is 15.9 Å². The average molecular weight is 406 g/mol. The normalized spacial score (nSPS) is 17.4. The van der Waals surface area contributed by atoms with Crippen LogP contribution in [-0.2, 0) is 14.8 Å². The number of rotatable bonds is 5. The molecule has 7 nitrogen and oxygen atoms in total. The summed E-state index contributed by atoms with van der Waals surface area (Å²) in [4.78, 5) is 12.8. The van der Waals surface area contributed by atoms with Crippen molar-refractivity contribution >= 4 is 15.9 Å². The van der Waals surface area contributed by atoms with Crippen molar-refractivity contribution in [3.63, 3.8) is 0 Å². The van der Waals surface area contributed by atoms with Crippen molar-refractivity contribution in [2.45, 2.75) is 51.5 Å². The number of aryl methyl sites for hydroxylation is 3. The lowest BCUT2D eigenvalue weighted by molar-refractivity contribution is -0.126. The van der Waals surface area contributed by atoms with Gasteiger partial charge in [-0.25, -0.2) is 8.42 Å². The first-order chi connectivity index (χ1) is 13.2. The smallest absolute Gasteiger partial charge is 0.248 e. The van der Waals surface area contributed by atoms with Gasteiger partial charge in [-0.1, -0.05) is 29.4 Å². The first kappa shape index (κ1) is 20.5. The summed E-state index contributed by atoms with van der Waals surface area (Å²) in [6.45, 7) is 7.83. The molecule has 2 aromatic rings. The molecule has 1 amide bonds. The highest BCUT2D eigenvalue weighted by atomic mass is 32.2. The van der Waals surface area contributed by atoms with Crippen LogP contribution < -0.4 is 5.32 Å². The van der Waals surface area contributed by atoms with Crippen molar-refractivity contribution in [3.05, 3.63) is 46.8 Å². The number of hydrogen-bond acceptors (Lipinski definition) is 5. The molecule has 0 bridgehead atoms. The molecule has 0 spiro atoms. The predicted molar refractivity (Wildman–Crippen MR) is 105 cm³/mol. The number of hydrogen-bond donors (Lipinski definition) is 1. The fourth-order valence-electron chi connectivity index (χ4n) is 3.81. The summed E-state index contributed by atoms with van der Waals surface area (Å²) in [5, 5.41) is 6.82. The Morgan fingerprint density at radius 2 is 1.86 bits per heavy atom. The van der Waals surface area contributed by atoms with Gasteiger partial charge in [0.15, 0.2) is 5.76 Å². The third-order valence-corrected chi connectivity index (χ3v) is 7.55. The van der Waals surface area contributed by atoms with E-state index in [1.165, 1.54) is 4.31 Å². The predicted octanol–water partition coefficient (Wildman–Crippen LogP) is 2.88. The lowest BCUT2D eigenvalue weighted by Gasteiger charge is -2.31. The molecule has 1 fully saturated rings. The zero-order valence-corrected chi connectivity index (χ0v) is 17.5. The van der Waals surface area contributed by atoms with Crippen LogP contribution in [0, 0.1) is 26.7 Å². The van der Waals surface area contributed by atoms with E-state index in [9.17, 15) is 13.2 Å². The fraction of sp³-hybridized carbons (Fsp3) is 0.500. The zero-order valence-electron chi connectivity index (χ0n) is 16.7. The molecule has 1 N–H and O–H groups in total. The van der Waals surface area contributed by atoms with E-state index >= 15 is 0 Å². The number of piperidine rings is 1. The van der Waals surface area contributed by atoms with Crippen LogP contribution in [0.5, 0.6) is 0 Å². The number of carbonyl (C=O) groups excluding carboxylic acids is 1. The molecule has 152 valence electrons. The van der Waals surface area contributed by atoms with Crippen molar-refractivity contribution in [1.82, 2.24) is 14.8 Å². The molecule has 1 aromatic carbocycles. The van der Waals surface area contributed by atoms with Crippen molar-refractivity contribution in [2.75, 3.05) is 13.1 Å². The standard InChI is InChI=1S/C20H27N3O4S/c1-13-7-5-6-8-18(13)14(2)21-20(24)17-9-11-23(12-10-17)28(25,26)19-15(3)22-27-16(19)4/h5-8,14,17H,9-12H2,1-4H3,(H,21,24). The minimum absolute atomic E-state index is 0.0230. The van der Waals surface area contributed by atoms with E-state index < -0.39 is 10.0 Å². The van der Waals surface area contributed by atoms with Crippen LogP contribution in [0.15, 0.2) is 33.7 Å². The van der Waals surface area contributed by atoms with Crippen molar-refractivity contribution in [1.29, 1.82) is 0 Å². The number of amides is 1. The Hall–Kier alpha value is -2.19. The molecule has 3 rings (SSSR count). The van der Waals surface area contributed by atoms with Gasteiger partial charge in [0, 0.05) is 19.0 Å². The van der Waals surface area contributed by atoms with Crippen LogP contribution in [0.4, 0.5) is 0 Å². The molecule has 1 unspecified atom stereocenters. The number of aromatic nitrogens is 1. The van der Waals surface area contributed by atoms with Crippen molar-refractivity contribution in [3.8, 4) is 0 Å². The number of nitrogens with one attached hydrogen (secondary N) is 1. The van der Waals surface area contributed by atoms with Crippen molar-refractivity contribution < 1.29 is 17.7 Å². The van der Waals surface area contributed by atoms with Gasteiger partial charge < -0.3 is 9.84 Å². The largest absolute Gasteiger partial charge is 0.360 e. The highest BCUT2D eigenvalue weighted by molar-refractivity contribution is 7.89. The van der Waals surface area contributed by atoms with E-state index in [0.29, 0.717) is 37.4 Å². The Morgan fingerprint density at radius 3 is 2.43 bits per heavy atom. The van der Waals surface area contributed by atoms with E-state index in [0.717, 1.165) is 11.1 Å². The Bertz CT molecular complexity index is 940. The molecule has 1 atom stereocenters. The Labute approximate surface area is 166 Å². The molecule has 0 radical (unpaired) electrons. The lowest BCUT2D eigenvalue weighted by atomic mass is 9.96. The minimum Gasteiger partial charge on any atom is -0.360 e. The summed E-state index contributed by atoms with van der Waals surface area (Å²) in [6.07, 6.45) is 0.990. The van der Waals surface area contributed by atoms with Crippen molar-refractivity contribution in [2.24, 2.45) is 5.92 Å². The molecule has 1 aliphatic heterocycles. The van der Waals surface area contributed by atoms with E-state index in [-0.39, 0.29) is 22.8 Å². The first-order valence-corrected chi connectivity index (χ1v) is 10.9. The average Bonchev–Trinajstić information content (AvgIpc) is 3.01. The minimum atomic E-state index is -3.66. The molecule has 1 saturated heterocycles. The number of carbonyl (C=O) groups is 1. The molecule has 8 heteroatoms. The number of sulfonamides is 1. The van der Waals surface area contributed by atoms with Gasteiger partial charge in [0.25, 0.3) is 0 Å². The van der Waals surface area contributed by atoms with Crippen LogP contribution in [0.25, 0.3) is 0 Å². The number of nitrogens with zero attached hydrogens (tertiary/aromatic N) is 2. The SMILES string of the molecule is Cc1ccccc1C(C)NC(=O)C1CCN(S(=O)(=O)c2c(C)noc2C)CC1. The quantitative estimate of drug-likeness (QED) is 0.826. The van der Waals surface area contributed by atoms with E-state index in [1.54, 1.807) is 13.8 Å². The molecule has 1 aliphatic rings.